The van der Waals surface area contributed by atoms with Crippen LogP contribution in [-0.2, 0) is 0 Å². The lowest BCUT2D eigenvalue weighted by Crippen LogP contribution is -2.19. The van der Waals surface area contributed by atoms with Crippen molar-refractivity contribution in [1.29, 1.82) is 0 Å². The molecule has 0 radical (unpaired) electrons. The number of aromatic nitrogens is 1. The smallest absolute Gasteiger partial charge is 0.323 e. The van der Waals surface area contributed by atoms with Gasteiger partial charge in [0.1, 0.15) is 0 Å². The highest BCUT2D eigenvalue weighted by molar-refractivity contribution is 5.99. The first kappa shape index (κ1) is 10.9. The number of para-hydroxylation sites is 1. The van der Waals surface area contributed by atoms with E-state index in [9.17, 15) is 4.79 Å². The van der Waals surface area contributed by atoms with Gasteiger partial charge in [0.2, 0.25) is 0 Å². The van der Waals surface area contributed by atoms with Gasteiger partial charge in [0, 0.05) is 11.9 Å². The molecule has 0 saturated carbocycles. The third-order valence-electron chi connectivity index (χ3n) is 2.05. The number of amides is 2. The van der Waals surface area contributed by atoms with Crippen molar-refractivity contribution in [3.8, 4) is 0 Å². The minimum atomic E-state index is -0.330. The van der Waals surface area contributed by atoms with E-state index in [1.165, 1.54) is 12.4 Å². The summed E-state index contributed by atoms with van der Waals surface area (Å²) in [5.41, 5.74) is 7.33. The predicted molar refractivity (Wildman–Crippen MR) is 67.7 cm³/mol. The molecule has 1 aromatic carbocycles. The molecule has 0 fully saturated rings. The van der Waals surface area contributed by atoms with Crippen LogP contribution < -0.4 is 16.4 Å². The lowest BCUT2D eigenvalue weighted by atomic mass is 10.3. The maximum atomic E-state index is 11.6. The number of anilines is 3. The fraction of sp³-hybridized carbons (Fsp3) is 0. The van der Waals surface area contributed by atoms with Crippen molar-refractivity contribution in [1.82, 2.24) is 4.98 Å². The number of pyridine rings is 1. The number of hydrogen-bond acceptors (Lipinski definition) is 3. The zero-order valence-corrected chi connectivity index (χ0v) is 9.05. The molecule has 17 heavy (non-hydrogen) atoms. The summed E-state index contributed by atoms with van der Waals surface area (Å²) in [4.78, 5) is 15.5. The SMILES string of the molecule is Nc1cncc(NC(=O)Nc2ccccc2)c1. The Bertz CT molecular complexity index is 513. The van der Waals surface area contributed by atoms with Crippen molar-refractivity contribution in [2.75, 3.05) is 16.4 Å². The molecule has 5 heteroatoms. The Balaban J connectivity index is 1.98. The molecule has 5 nitrogen and oxygen atoms in total. The number of nitrogens with zero attached hydrogens (tertiary/aromatic N) is 1. The zero-order valence-electron chi connectivity index (χ0n) is 9.05. The van der Waals surface area contributed by atoms with Crippen LogP contribution in [-0.4, -0.2) is 11.0 Å². The summed E-state index contributed by atoms with van der Waals surface area (Å²) in [6.45, 7) is 0. The van der Waals surface area contributed by atoms with Gasteiger partial charge in [0.25, 0.3) is 0 Å². The average Bonchev–Trinajstić information content (AvgIpc) is 2.30. The summed E-state index contributed by atoms with van der Waals surface area (Å²) in [7, 11) is 0. The largest absolute Gasteiger partial charge is 0.397 e. The van der Waals surface area contributed by atoms with Crippen LogP contribution in [0.2, 0.25) is 0 Å². The van der Waals surface area contributed by atoms with Gasteiger partial charge < -0.3 is 16.4 Å². The van der Waals surface area contributed by atoms with E-state index < -0.39 is 0 Å². The second kappa shape index (κ2) is 4.98. The maximum Gasteiger partial charge on any atom is 0.323 e. The van der Waals surface area contributed by atoms with E-state index in [1.807, 2.05) is 18.2 Å². The first-order valence-electron chi connectivity index (χ1n) is 5.07. The lowest BCUT2D eigenvalue weighted by molar-refractivity contribution is 0.262. The molecular formula is C12H12N4O. The monoisotopic (exact) mass is 228 g/mol. The molecular weight excluding hydrogens is 216 g/mol. The van der Waals surface area contributed by atoms with E-state index in [0.717, 1.165) is 5.69 Å². The average molecular weight is 228 g/mol. The van der Waals surface area contributed by atoms with Gasteiger partial charge in [-0.05, 0) is 18.2 Å². The van der Waals surface area contributed by atoms with Crippen molar-refractivity contribution in [3.63, 3.8) is 0 Å². The normalized spacial score (nSPS) is 9.65. The van der Waals surface area contributed by atoms with E-state index in [0.29, 0.717) is 11.4 Å². The van der Waals surface area contributed by atoms with Crippen LogP contribution in [0.1, 0.15) is 0 Å². The van der Waals surface area contributed by atoms with Crippen LogP contribution in [0, 0.1) is 0 Å². The molecule has 0 aliphatic rings. The molecule has 4 N–H and O–H groups in total. The molecule has 0 atom stereocenters. The highest BCUT2D eigenvalue weighted by atomic mass is 16.2. The Hall–Kier alpha value is -2.56. The number of carbonyl (C=O) groups is 1. The van der Waals surface area contributed by atoms with Gasteiger partial charge in [0.15, 0.2) is 0 Å². The van der Waals surface area contributed by atoms with Gasteiger partial charge in [-0.2, -0.15) is 0 Å². The minimum absolute atomic E-state index is 0.330. The Labute approximate surface area is 98.7 Å². The van der Waals surface area contributed by atoms with E-state index in [2.05, 4.69) is 15.6 Å². The molecule has 1 heterocycles. The molecule has 0 spiro atoms. The number of nitrogen functional groups attached to an aromatic ring is 1. The molecule has 0 unspecified atom stereocenters. The van der Waals surface area contributed by atoms with E-state index in [4.69, 9.17) is 5.73 Å². The number of nitrogens with two attached hydrogens (primary N) is 1. The van der Waals surface area contributed by atoms with Gasteiger partial charge in [0.05, 0.1) is 17.6 Å². The van der Waals surface area contributed by atoms with Gasteiger partial charge in [-0.1, -0.05) is 18.2 Å². The molecule has 1 aromatic heterocycles. The summed E-state index contributed by atoms with van der Waals surface area (Å²) >= 11 is 0. The molecule has 0 aliphatic carbocycles. The van der Waals surface area contributed by atoms with Gasteiger partial charge in [-0.15, -0.1) is 0 Å². The number of urea groups is 1. The van der Waals surface area contributed by atoms with Crippen molar-refractivity contribution in [2.45, 2.75) is 0 Å². The summed E-state index contributed by atoms with van der Waals surface area (Å²) in [5.74, 6) is 0. The molecule has 86 valence electrons. The van der Waals surface area contributed by atoms with E-state index in [-0.39, 0.29) is 6.03 Å². The Morgan fingerprint density at radius 1 is 1.06 bits per heavy atom. The highest BCUT2D eigenvalue weighted by Crippen LogP contribution is 2.10. The van der Waals surface area contributed by atoms with Gasteiger partial charge in [-0.3, -0.25) is 4.98 Å². The fourth-order valence-electron chi connectivity index (χ4n) is 1.34. The van der Waals surface area contributed by atoms with Crippen molar-refractivity contribution < 1.29 is 4.79 Å². The summed E-state index contributed by atoms with van der Waals surface area (Å²) < 4.78 is 0. The van der Waals surface area contributed by atoms with Crippen LogP contribution in [0.3, 0.4) is 0 Å². The van der Waals surface area contributed by atoms with Crippen LogP contribution in [0.4, 0.5) is 21.9 Å². The molecule has 2 aromatic rings. The second-order valence-electron chi connectivity index (χ2n) is 3.45. The summed E-state index contributed by atoms with van der Waals surface area (Å²) in [6, 6.07) is 10.5. The van der Waals surface area contributed by atoms with Gasteiger partial charge >= 0.3 is 6.03 Å². The van der Waals surface area contributed by atoms with Crippen molar-refractivity contribution in [2.24, 2.45) is 0 Å². The maximum absolute atomic E-state index is 11.6. The van der Waals surface area contributed by atoms with Crippen LogP contribution in [0.25, 0.3) is 0 Å². The molecule has 2 amide bonds. The first-order chi connectivity index (χ1) is 8.24. The van der Waals surface area contributed by atoms with Crippen molar-refractivity contribution >= 4 is 23.1 Å². The number of nitrogens with one attached hydrogen (secondary N) is 2. The standard InChI is InChI=1S/C12H12N4O/c13-9-6-11(8-14-7-9)16-12(17)15-10-4-2-1-3-5-10/h1-8H,13H2,(H2,15,16,17). The first-order valence-corrected chi connectivity index (χ1v) is 5.07. The van der Waals surface area contributed by atoms with Crippen LogP contribution >= 0.6 is 0 Å². The predicted octanol–water partition coefficient (Wildman–Crippen LogP) is 2.31. The third kappa shape index (κ3) is 3.20. The number of carbonyl (C=O) groups excluding carboxylic acids is 1. The summed E-state index contributed by atoms with van der Waals surface area (Å²) in [6.07, 6.45) is 3.04. The van der Waals surface area contributed by atoms with Crippen LogP contribution in [0.15, 0.2) is 48.8 Å². The van der Waals surface area contributed by atoms with Crippen molar-refractivity contribution in [3.05, 3.63) is 48.8 Å². The molecule has 2 rings (SSSR count). The van der Waals surface area contributed by atoms with Gasteiger partial charge in [-0.25, -0.2) is 4.79 Å². The van der Waals surface area contributed by atoms with Crippen LogP contribution in [0.5, 0.6) is 0 Å². The quantitative estimate of drug-likeness (QED) is 0.737. The number of benzene rings is 1. The fourth-order valence-corrected chi connectivity index (χ4v) is 1.34. The zero-order chi connectivity index (χ0) is 12.1. The number of rotatable bonds is 2. The Morgan fingerprint density at radius 3 is 2.47 bits per heavy atom. The molecule has 0 aliphatic heterocycles. The minimum Gasteiger partial charge on any atom is -0.397 e. The lowest BCUT2D eigenvalue weighted by Gasteiger charge is -2.07. The Morgan fingerprint density at radius 2 is 1.76 bits per heavy atom. The molecule has 0 bridgehead atoms. The number of hydrogen-bond donors (Lipinski definition) is 3. The second-order valence-corrected chi connectivity index (χ2v) is 3.45. The third-order valence-corrected chi connectivity index (χ3v) is 2.05. The summed E-state index contributed by atoms with van der Waals surface area (Å²) in [5, 5.41) is 5.33. The topological polar surface area (TPSA) is 80.0 Å². The Kier molecular flexibility index (Phi) is 3.20. The highest BCUT2D eigenvalue weighted by Gasteiger charge is 2.02. The van der Waals surface area contributed by atoms with E-state index >= 15 is 0 Å². The van der Waals surface area contributed by atoms with E-state index in [1.54, 1.807) is 18.2 Å². The molecule has 0 saturated heterocycles.